The molecule has 0 aromatic heterocycles. The molecule has 0 amide bonds. The molecule has 0 spiro atoms. The van der Waals surface area contributed by atoms with E-state index in [1.807, 2.05) is 24.3 Å². The maximum absolute atomic E-state index is 8.97. The predicted octanol–water partition coefficient (Wildman–Crippen LogP) is 1.31. The summed E-state index contributed by atoms with van der Waals surface area (Å²) in [5.74, 6) is 0.843. The van der Waals surface area contributed by atoms with Crippen LogP contribution in [-0.4, -0.2) is 24.3 Å². The molecule has 1 saturated heterocycles. The van der Waals surface area contributed by atoms with E-state index in [-0.39, 0.29) is 6.61 Å². The topological polar surface area (TPSA) is 41.5 Å². The van der Waals surface area contributed by atoms with Gasteiger partial charge in [0.15, 0.2) is 0 Å². The van der Waals surface area contributed by atoms with Crippen molar-refractivity contribution in [2.24, 2.45) is 0 Å². The second-order valence-corrected chi connectivity index (χ2v) is 3.91. The van der Waals surface area contributed by atoms with Crippen molar-refractivity contribution in [2.75, 3.05) is 13.2 Å². The quantitative estimate of drug-likeness (QED) is 0.782. The molecule has 3 heteroatoms. The minimum absolute atomic E-state index is 0.0683. The molecule has 82 valence electrons. The molecule has 0 bridgehead atoms. The highest BCUT2D eigenvalue weighted by Gasteiger charge is 2.14. The lowest BCUT2D eigenvalue weighted by atomic mass is 10.2. The van der Waals surface area contributed by atoms with Crippen LogP contribution >= 0.6 is 0 Å². The maximum Gasteiger partial charge on any atom is 0.119 e. The third kappa shape index (κ3) is 2.94. The van der Waals surface area contributed by atoms with Crippen LogP contribution < -0.4 is 10.1 Å². The lowest BCUT2D eigenvalue weighted by molar-refractivity contribution is 0.270. The fourth-order valence-electron chi connectivity index (χ4n) is 1.83. The molecule has 1 unspecified atom stereocenters. The van der Waals surface area contributed by atoms with E-state index in [1.54, 1.807) is 0 Å². The van der Waals surface area contributed by atoms with Gasteiger partial charge in [0.05, 0.1) is 6.61 Å². The van der Waals surface area contributed by atoms with Crippen molar-refractivity contribution in [3.05, 3.63) is 29.8 Å². The van der Waals surface area contributed by atoms with Gasteiger partial charge in [-0.1, -0.05) is 12.1 Å². The summed E-state index contributed by atoms with van der Waals surface area (Å²) in [6.07, 6.45) is 2.43. The maximum atomic E-state index is 8.97. The van der Waals surface area contributed by atoms with Crippen LogP contribution in [-0.2, 0) is 6.61 Å². The number of rotatable bonds is 4. The van der Waals surface area contributed by atoms with Crippen molar-refractivity contribution < 1.29 is 9.84 Å². The molecule has 2 rings (SSSR count). The first-order chi connectivity index (χ1) is 7.38. The number of aliphatic hydroxyl groups excluding tert-OH is 1. The average Bonchev–Trinajstić information content (AvgIpc) is 2.79. The van der Waals surface area contributed by atoms with Gasteiger partial charge in [-0.15, -0.1) is 0 Å². The number of hydrogen-bond donors (Lipinski definition) is 2. The lowest BCUT2D eigenvalue weighted by Gasteiger charge is -2.12. The molecular weight excluding hydrogens is 190 g/mol. The van der Waals surface area contributed by atoms with Crippen LogP contribution in [0, 0.1) is 0 Å². The van der Waals surface area contributed by atoms with Crippen molar-refractivity contribution in [1.29, 1.82) is 0 Å². The van der Waals surface area contributed by atoms with E-state index in [4.69, 9.17) is 9.84 Å². The number of hydrogen-bond acceptors (Lipinski definition) is 3. The molecule has 1 aliphatic heterocycles. The van der Waals surface area contributed by atoms with Crippen molar-refractivity contribution in [2.45, 2.75) is 25.5 Å². The Labute approximate surface area is 90.1 Å². The summed E-state index contributed by atoms with van der Waals surface area (Å²) in [5, 5.41) is 12.4. The SMILES string of the molecule is OCc1cccc(OCC2CCCN2)c1. The molecule has 1 aromatic carbocycles. The van der Waals surface area contributed by atoms with Gasteiger partial charge < -0.3 is 15.2 Å². The minimum Gasteiger partial charge on any atom is -0.492 e. The van der Waals surface area contributed by atoms with Gasteiger partial charge in [0.2, 0.25) is 0 Å². The first-order valence-electron chi connectivity index (χ1n) is 5.44. The minimum atomic E-state index is 0.0683. The van der Waals surface area contributed by atoms with Gasteiger partial charge in [0, 0.05) is 6.04 Å². The third-order valence-electron chi connectivity index (χ3n) is 2.69. The Morgan fingerprint density at radius 3 is 3.13 bits per heavy atom. The van der Waals surface area contributed by atoms with E-state index in [2.05, 4.69) is 5.32 Å². The van der Waals surface area contributed by atoms with Gasteiger partial charge in [-0.25, -0.2) is 0 Å². The first-order valence-corrected chi connectivity index (χ1v) is 5.44. The van der Waals surface area contributed by atoms with E-state index in [1.165, 1.54) is 12.8 Å². The number of aliphatic hydroxyl groups is 1. The Morgan fingerprint density at radius 2 is 2.40 bits per heavy atom. The molecule has 1 aromatic rings. The van der Waals surface area contributed by atoms with Crippen LogP contribution in [0.2, 0.25) is 0 Å². The van der Waals surface area contributed by atoms with Crippen molar-refractivity contribution in [3.8, 4) is 5.75 Å². The Morgan fingerprint density at radius 1 is 1.47 bits per heavy atom. The molecule has 1 heterocycles. The largest absolute Gasteiger partial charge is 0.492 e. The highest BCUT2D eigenvalue weighted by Crippen LogP contribution is 2.14. The number of ether oxygens (including phenoxy) is 1. The summed E-state index contributed by atoms with van der Waals surface area (Å²) in [6, 6.07) is 8.09. The van der Waals surface area contributed by atoms with E-state index >= 15 is 0 Å². The summed E-state index contributed by atoms with van der Waals surface area (Å²) < 4.78 is 5.66. The molecule has 1 fully saturated rings. The van der Waals surface area contributed by atoms with Gasteiger partial charge in [-0.05, 0) is 37.1 Å². The fraction of sp³-hybridized carbons (Fsp3) is 0.500. The second-order valence-electron chi connectivity index (χ2n) is 3.91. The zero-order chi connectivity index (χ0) is 10.5. The number of nitrogens with one attached hydrogen (secondary N) is 1. The van der Waals surface area contributed by atoms with Crippen molar-refractivity contribution >= 4 is 0 Å². The van der Waals surface area contributed by atoms with Gasteiger partial charge >= 0.3 is 0 Å². The van der Waals surface area contributed by atoms with Crippen LogP contribution in [0.3, 0.4) is 0 Å². The van der Waals surface area contributed by atoms with Gasteiger partial charge in [0.25, 0.3) is 0 Å². The van der Waals surface area contributed by atoms with Gasteiger partial charge in [-0.3, -0.25) is 0 Å². The van der Waals surface area contributed by atoms with Crippen LogP contribution in [0.4, 0.5) is 0 Å². The third-order valence-corrected chi connectivity index (χ3v) is 2.69. The summed E-state index contributed by atoms with van der Waals surface area (Å²) in [7, 11) is 0. The van der Waals surface area contributed by atoms with E-state index in [9.17, 15) is 0 Å². The molecule has 0 saturated carbocycles. The molecule has 2 N–H and O–H groups in total. The standard InChI is InChI=1S/C12H17NO2/c14-8-10-3-1-5-12(7-10)15-9-11-4-2-6-13-11/h1,3,5,7,11,13-14H,2,4,6,8-9H2. The van der Waals surface area contributed by atoms with Crippen LogP contribution in [0.5, 0.6) is 5.75 Å². The Balaban J connectivity index is 1.86. The molecule has 0 aliphatic carbocycles. The Hall–Kier alpha value is -1.06. The van der Waals surface area contributed by atoms with Crippen molar-refractivity contribution in [3.63, 3.8) is 0 Å². The molecule has 3 nitrogen and oxygen atoms in total. The zero-order valence-corrected chi connectivity index (χ0v) is 8.78. The Kier molecular flexibility index (Phi) is 3.59. The van der Waals surface area contributed by atoms with Crippen LogP contribution in [0.15, 0.2) is 24.3 Å². The predicted molar refractivity (Wildman–Crippen MR) is 58.9 cm³/mol. The monoisotopic (exact) mass is 207 g/mol. The highest BCUT2D eigenvalue weighted by atomic mass is 16.5. The second kappa shape index (κ2) is 5.14. The summed E-state index contributed by atoms with van der Waals surface area (Å²) in [5.41, 5.74) is 0.895. The van der Waals surface area contributed by atoms with Gasteiger partial charge in [-0.2, -0.15) is 0 Å². The van der Waals surface area contributed by atoms with Gasteiger partial charge in [0.1, 0.15) is 12.4 Å². The lowest BCUT2D eigenvalue weighted by Crippen LogP contribution is -2.28. The molecule has 1 atom stereocenters. The number of benzene rings is 1. The molecular formula is C12H17NO2. The fourth-order valence-corrected chi connectivity index (χ4v) is 1.83. The smallest absolute Gasteiger partial charge is 0.119 e. The molecule has 1 aliphatic rings. The highest BCUT2D eigenvalue weighted by molar-refractivity contribution is 5.28. The summed E-state index contributed by atoms with van der Waals surface area (Å²) in [6.45, 7) is 1.89. The normalized spacial score (nSPS) is 20.5. The zero-order valence-electron chi connectivity index (χ0n) is 8.78. The van der Waals surface area contributed by atoms with E-state index < -0.39 is 0 Å². The average molecular weight is 207 g/mol. The van der Waals surface area contributed by atoms with E-state index in [0.29, 0.717) is 6.04 Å². The first kappa shape index (κ1) is 10.5. The summed E-state index contributed by atoms with van der Waals surface area (Å²) >= 11 is 0. The van der Waals surface area contributed by atoms with Crippen LogP contribution in [0.1, 0.15) is 18.4 Å². The summed E-state index contributed by atoms with van der Waals surface area (Å²) in [4.78, 5) is 0. The Bertz CT molecular complexity index is 308. The molecule has 0 radical (unpaired) electrons. The molecule has 15 heavy (non-hydrogen) atoms. The van der Waals surface area contributed by atoms with Crippen molar-refractivity contribution in [1.82, 2.24) is 5.32 Å². The van der Waals surface area contributed by atoms with E-state index in [0.717, 1.165) is 24.5 Å². The van der Waals surface area contributed by atoms with Crippen LogP contribution in [0.25, 0.3) is 0 Å².